The first-order valence-corrected chi connectivity index (χ1v) is 15.2. The van der Waals surface area contributed by atoms with Crippen molar-refractivity contribution in [2.45, 2.75) is 147 Å². The molecule has 0 fully saturated rings. The van der Waals surface area contributed by atoms with Gasteiger partial charge in [0.2, 0.25) is 5.91 Å². The van der Waals surface area contributed by atoms with Crippen LogP contribution in [0.4, 0.5) is 0 Å². The molecule has 11 nitrogen and oxygen atoms in total. The van der Waals surface area contributed by atoms with Gasteiger partial charge in [0.05, 0.1) is 12.8 Å². The molecule has 1 atom stereocenters. The Morgan fingerprint density at radius 1 is 0.659 bits per heavy atom. The van der Waals surface area contributed by atoms with Gasteiger partial charge in [0.25, 0.3) is 0 Å². The number of aliphatic hydroxyl groups is 1. The Kier molecular flexibility index (Phi) is 25.0. The number of carboxylic acids is 3. The third kappa shape index (κ3) is 22.8. The lowest BCUT2D eigenvalue weighted by atomic mass is 9.96. The molecule has 0 heterocycles. The van der Waals surface area contributed by atoms with Gasteiger partial charge in [-0.25, -0.2) is 4.79 Å². The highest BCUT2D eigenvalue weighted by Crippen LogP contribution is 2.16. The second-order valence-electron chi connectivity index (χ2n) is 10.9. The number of aliphatic carboxylic acids is 3. The van der Waals surface area contributed by atoms with Crippen LogP contribution >= 0.6 is 0 Å². The highest BCUT2D eigenvalue weighted by Gasteiger charge is 2.40. The Hall–Kier alpha value is -2.53. The van der Waals surface area contributed by atoms with E-state index in [9.17, 15) is 24.0 Å². The van der Waals surface area contributed by atoms with E-state index in [0.717, 1.165) is 25.8 Å². The van der Waals surface area contributed by atoms with Gasteiger partial charge >= 0.3 is 17.9 Å². The van der Waals surface area contributed by atoms with Gasteiger partial charge in [0, 0.05) is 6.42 Å². The van der Waals surface area contributed by atoms with Crippen molar-refractivity contribution in [3.05, 3.63) is 0 Å². The number of primary amides is 1. The zero-order valence-electron chi connectivity index (χ0n) is 25.6. The van der Waals surface area contributed by atoms with Gasteiger partial charge in [-0.15, -0.1) is 0 Å². The monoisotopic (exact) mass is 588 g/mol. The number of unbranched alkanes of at least 4 members (excludes halogenated alkanes) is 14. The molecule has 0 aliphatic carbocycles. The maximum atomic E-state index is 12.3. The molecular formula is C30H56N2O9. The van der Waals surface area contributed by atoms with Crippen molar-refractivity contribution in [1.29, 1.82) is 0 Å². The van der Waals surface area contributed by atoms with E-state index < -0.39 is 48.3 Å². The molecule has 11 heteroatoms. The van der Waals surface area contributed by atoms with Crippen LogP contribution in [0.15, 0.2) is 0 Å². The topological polar surface area (TPSA) is 196 Å². The number of nitrogens with zero attached hydrogens (tertiary/aromatic N) is 1. The normalized spacial score (nSPS) is 11.9. The summed E-state index contributed by atoms with van der Waals surface area (Å²) in [5, 5.41) is 33.8. The fraction of sp³-hybridized carbons (Fsp3) is 0.833. The molecule has 1 unspecified atom stereocenters. The maximum Gasteiger partial charge on any atom is 0.336 e. The average molecular weight is 589 g/mol. The maximum absolute atomic E-state index is 12.3. The van der Waals surface area contributed by atoms with E-state index >= 15 is 0 Å². The van der Waals surface area contributed by atoms with Gasteiger partial charge in [0.15, 0.2) is 11.4 Å². The highest BCUT2D eigenvalue weighted by molar-refractivity contribution is 6.04. The summed E-state index contributed by atoms with van der Waals surface area (Å²) >= 11 is 0. The molecule has 0 aliphatic rings. The van der Waals surface area contributed by atoms with Crippen molar-refractivity contribution in [3.8, 4) is 0 Å². The molecule has 0 saturated carbocycles. The molecule has 0 spiro atoms. The lowest BCUT2D eigenvalue weighted by Crippen LogP contribution is -2.48. The molecule has 0 rings (SSSR count). The molecule has 6 N–H and O–H groups in total. The molecule has 240 valence electrons. The van der Waals surface area contributed by atoms with E-state index in [2.05, 4.69) is 6.92 Å². The zero-order chi connectivity index (χ0) is 31.7. The van der Waals surface area contributed by atoms with E-state index in [1.54, 1.807) is 4.90 Å². The second-order valence-corrected chi connectivity index (χ2v) is 10.9. The quantitative estimate of drug-likeness (QED) is 0.0694. The van der Waals surface area contributed by atoms with Crippen molar-refractivity contribution < 1.29 is 44.4 Å². The smallest absolute Gasteiger partial charge is 0.336 e. The summed E-state index contributed by atoms with van der Waals surface area (Å²) in [5.74, 6) is -5.55. The standard InChI is InChI=1S/C24H48N2O2.C6H8O7/c1-4-6-7-8-9-10-11-12-13-14-15-16-17-18-19-20-22(27)23(24(25)28)26(3)21-5-2;7-3(8)1-6(13,5(11)12)2-4(9)10/h23H,4-21H2,1-3H3,(H2,25,28);13H,1-2H2,(H,7,8)(H,9,10)(H,11,12). The number of nitrogens with two attached hydrogens (primary N) is 1. The number of carboxylic acid groups (broad SMARTS) is 3. The van der Waals surface area contributed by atoms with Crippen LogP contribution in [0, 0.1) is 0 Å². The minimum absolute atomic E-state index is 0.0156. The molecule has 0 aliphatic heterocycles. The van der Waals surface area contributed by atoms with E-state index in [0.29, 0.717) is 6.42 Å². The first-order valence-electron chi connectivity index (χ1n) is 15.2. The Morgan fingerprint density at radius 2 is 1.02 bits per heavy atom. The largest absolute Gasteiger partial charge is 0.481 e. The summed E-state index contributed by atoms with van der Waals surface area (Å²) in [6, 6.07) is -0.744. The number of carbonyl (C=O) groups is 5. The molecule has 1 amide bonds. The molecule has 0 aromatic carbocycles. The van der Waals surface area contributed by atoms with Crippen molar-refractivity contribution in [3.63, 3.8) is 0 Å². The van der Waals surface area contributed by atoms with Crippen LogP contribution in [0.3, 0.4) is 0 Å². The number of hydrogen-bond donors (Lipinski definition) is 5. The fourth-order valence-corrected chi connectivity index (χ4v) is 4.62. The Morgan fingerprint density at radius 3 is 1.32 bits per heavy atom. The summed E-state index contributed by atoms with van der Waals surface area (Å²) in [7, 11) is 1.81. The molecule has 0 aromatic heterocycles. The van der Waals surface area contributed by atoms with Crippen LogP contribution in [0.25, 0.3) is 0 Å². The van der Waals surface area contributed by atoms with E-state index in [1.165, 1.54) is 83.5 Å². The number of amides is 1. The lowest BCUT2D eigenvalue weighted by Gasteiger charge is -2.23. The van der Waals surface area contributed by atoms with Gasteiger partial charge in [-0.3, -0.25) is 24.1 Å². The Balaban J connectivity index is 0. The molecule has 0 saturated heterocycles. The summed E-state index contributed by atoms with van der Waals surface area (Å²) in [6.45, 7) is 5.03. The summed E-state index contributed by atoms with van der Waals surface area (Å²) in [5.41, 5.74) is 2.68. The third-order valence-corrected chi connectivity index (χ3v) is 6.90. The van der Waals surface area contributed by atoms with Gasteiger partial charge in [-0.2, -0.15) is 0 Å². The SMILES string of the molecule is CCCCCCCCCCCCCCCCCC(=O)C(C(N)=O)N(C)CCC.O=C(O)CC(O)(CC(=O)O)C(=O)O. The second kappa shape index (κ2) is 25.2. The van der Waals surface area contributed by atoms with Crippen molar-refractivity contribution in [2.24, 2.45) is 5.73 Å². The fourth-order valence-electron chi connectivity index (χ4n) is 4.62. The molecular weight excluding hydrogens is 532 g/mol. The first kappa shape index (κ1) is 40.6. The highest BCUT2D eigenvalue weighted by atomic mass is 16.4. The number of Topliss-reactive ketones (excluding diaryl/α,β-unsaturated/α-hetero) is 1. The van der Waals surface area contributed by atoms with Gasteiger partial charge < -0.3 is 26.2 Å². The Labute approximate surface area is 245 Å². The number of rotatable bonds is 26. The van der Waals surface area contributed by atoms with Crippen LogP contribution in [0.5, 0.6) is 0 Å². The molecule has 41 heavy (non-hydrogen) atoms. The third-order valence-electron chi connectivity index (χ3n) is 6.90. The van der Waals surface area contributed by atoms with Gasteiger partial charge in [-0.05, 0) is 26.4 Å². The van der Waals surface area contributed by atoms with Crippen LogP contribution in [-0.2, 0) is 24.0 Å². The molecule has 0 radical (unpaired) electrons. The number of hydrogen-bond acceptors (Lipinski definition) is 7. The predicted molar refractivity (Wildman–Crippen MR) is 158 cm³/mol. The van der Waals surface area contributed by atoms with E-state index in [-0.39, 0.29) is 5.78 Å². The van der Waals surface area contributed by atoms with E-state index in [1.807, 2.05) is 14.0 Å². The van der Waals surface area contributed by atoms with Gasteiger partial charge in [-0.1, -0.05) is 104 Å². The summed E-state index contributed by atoms with van der Waals surface area (Å²) in [4.78, 5) is 56.1. The van der Waals surface area contributed by atoms with Crippen LogP contribution < -0.4 is 5.73 Å². The molecule has 0 aromatic rings. The van der Waals surface area contributed by atoms with Crippen molar-refractivity contribution in [2.75, 3.05) is 13.6 Å². The zero-order valence-corrected chi connectivity index (χ0v) is 25.6. The summed E-state index contributed by atoms with van der Waals surface area (Å²) in [6.07, 6.45) is 18.7. The number of carbonyl (C=O) groups excluding carboxylic acids is 2. The molecule has 0 bridgehead atoms. The minimum atomic E-state index is -2.74. The first-order chi connectivity index (χ1) is 19.3. The van der Waals surface area contributed by atoms with Crippen LogP contribution in [-0.4, -0.2) is 80.2 Å². The lowest BCUT2D eigenvalue weighted by molar-refractivity contribution is -0.170. The summed E-state index contributed by atoms with van der Waals surface area (Å²) < 4.78 is 0. The van der Waals surface area contributed by atoms with E-state index in [4.69, 9.17) is 26.2 Å². The van der Waals surface area contributed by atoms with Crippen molar-refractivity contribution in [1.82, 2.24) is 4.90 Å². The van der Waals surface area contributed by atoms with Crippen LogP contribution in [0.1, 0.15) is 136 Å². The predicted octanol–water partition coefficient (Wildman–Crippen LogP) is 4.76. The Bertz CT molecular complexity index is 742. The minimum Gasteiger partial charge on any atom is -0.481 e. The average Bonchev–Trinajstić information content (AvgIpc) is 2.85. The van der Waals surface area contributed by atoms with Gasteiger partial charge in [0.1, 0.15) is 6.04 Å². The number of likely N-dealkylation sites (N-methyl/N-ethyl adjacent to an activating group) is 1. The van der Waals surface area contributed by atoms with Crippen LogP contribution in [0.2, 0.25) is 0 Å². The van der Waals surface area contributed by atoms with Crippen molar-refractivity contribution >= 4 is 29.6 Å². The number of ketones is 1.